The monoisotopic (exact) mass is 432 g/mol. The first-order chi connectivity index (χ1) is 14.4. The van der Waals surface area contributed by atoms with Crippen LogP contribution in [-0.2, 0) is 9.53 Å². The number of unbranched alkanes of at least 4 members (excludes halogenated alkanes) is 11. The molecule has 30 heavy (non-hydrogen) atoms. The lowest BCUT2D eigenvalue weighted by Crippen LogP contribution is -2.47. The predicted octanol–water partition coefficient (Wildman–Crippen LogP) is 2.96. The van der Waals surface area contributed by atoms with Crippen molar-refractivity contribution in [3.8, 4) is 0 Å². The molecular weight excluding hydrogens is 388 g/mol. The average molecular weight is 433 g/mol. The van der Waals surface area contributed by atoms with Gasteiger partial charge in [0.2, 0.25) is 6.29 Å². The first-order valence-corrected chi connectivity index (χ1v) is 11.6. The van der Waals surface area contributed by atoms with Crippen molar-refractivity contribution >= 4 is 5.97 Å². The minimum Gasteiger partial charge on any atom is -0.433 e. The molecule has 0 heterocycles. The van der Waals surface area contributed by atoms with E-state index in [0.29, 0.717) is 6.42 Å². The van der Waals surface area contributed by atoms with Crippen molar-refractivity contribution in [1.82, 2.24) is 0 Å². The number of carbonyl (C=O) groups is 1. The minimum absolute atomic E-state index is 0.112. The Kier molecular flexibility index (Phi) is 19.3. The third-order valence-corrected chi connectivity index (χ3v) is 5.12. The summed E-state index contributed by atoms with van der Waals surface area (Å²) in [6.07, 6.45) is 12.4. The fraction of sp³-hybridized carbons (Fsp3) is 0.870. The Morgan fingerprint density at radius 3 is 1.80 bits per heavy atom. The molecule has 0 saturated heterocycles. The van der Waals surface area contributed by atoms with Crippen LogP contribution in [0, 0.1) is 0 Å². The van der Waals surface area contributed by atoms with Gasteiger partial charge in [0.15, 0.2) is 0 Å². The van der Waals surface area contributed by atoms with Gasteiger partial charge in [-0.15, -0.1) is 0 Å². The van der Waals surface area contributed by atoms with Gasteiger partial charge < -0.3 is 30.3 Å². The van der Waals surface area contributed by atoms with Gasteiger partial charge in [-0.3, -0.25) is 4.79 Å². The molecule has 0 aliphatic carbocycles. The van der Waals surface area contributed by atoms with E-state index >= 15 is 0 Å². The molecule has 0 bridgehead atoms. The van der Waals surface area contributed by atoms with Crippen LogP contribution in [0.2, 0.25) is 0 Å². The lowest BCUT2D eigenvalue weighted by atomic mass is 10.1. The highest BCUT2D eigenvalue weighted by molar-refractivity contribution is 5.69. The average Bonchev–Trinajstić information content (AvgIpc) is 2.74. The molecule has 178 valence electrons. The molecule has 0 radical (unpaired) electrons. The second-order valence-corrected chi connectivity index (χ2v) is 7.95. The molecule has 7 heteroatoms. The SMILES string of the molecule is CCCCCCCC/C=C\CCCCCCCC(=O)OC(O)[C@@H](O)C(O)[C@@H](O)CO. The van der Waals surface area contributed by atoms with Crippen LogP contribution in [-0.4, -0.2) is 62.7 Å². The van der Waals surface area contributed by atoms with Gasteiger partial charge in [-0.2, -0.15) is 0 Å². The maximum absolute atomic E-state index is 11.7. The summed E-state index contributed by atoms with van der Waals surface area (Å²) >= 11 is 0. The molecule has 0 aliphatic rings. The molecular formula is C23H44O7. The number of hydrogen-bond acceptors (Lipinski definition) is 7. The van der Waals surface area contributed by atoms with Crippen LogP contribution in [0.1, 0.15) is 96.8 Å². The molecule has 0 fully saturated rings. The second kappa shape index (κ2) is 19.9. The fourth-order valence-corrected chi connectivity index (χ4v) is 3.11. The molecule has 0 spiro atoms. The van der Waals surface area contributed by atoms with Crippen molar-refractivity contribution < 1.29 is 35.1 Å². The van der Waals surface area contributed by atoms with Gasteiger partial charge in [0.25, 0.3) is 0 Å². The normalized spacial score (nSPS) is 15.8. The summed E-state index contributed by atoms with van der Waals surface area (Å²) in [5, 5.41) is 46.6. The van der Waals surface area contributed by atoms with Crippen molar-refractivity contribution in [3.63, 3.8) is 0 Å². The van der Waals surface area contributed by atoms with Gasteiger partial charge in [0.05, 0.1) is 6.61 Å². The number of hydrogen-bond donors (Lipinski definition) is 5. The molecule has 0 saturated carbocycles. The molecule has 0 amide bonds. The maximum Gasteiger partial charge on any atom is 0.308 e. The molecule has 4 atom stereocenters. The van der Waals surface area contributed by atoms with Crippen LogP contribution >= 0.6 is 0 Å². The van der Waals surface area contributed by atoms with Gasteiger partial charge in [0, 0.05) is 6.42 Å². The summed E-state index contributed by atoms with van der Waals surface area (Å²) in [6.45, 7) is 1.45. The standard InChI is InChI=1S/C23H44O7/c1-2-3-4-5-6-7-8-9-10-11-12-13-14-15-16-17-20(26)30-23(29)22(28)21(27)19(25)18-24/h9-10,19,21-25,27-29H,2-8,11-18H2,1H3/b10-9-/t19-,21?,22-,23?/m0/s1. The van der Waals surface area contributed by atoms with E-state index in [4.69, 9.17) is 5.11 Å². The molecule has 7 nitrogen and oxygen atoms in total. The van der Waals surface area contributed by atoms with Gasteiger partial charge >= 0.3 is 5.97 Å². The number of aliphatic hydroxyl groups is 5. The number of rotatable bonds is 20. The highest BCUT2D eigenvalue weighted by atomic mass is 16.6. The van der Waals surface area contributed by atoms with E-state index in [-0.39, 0.29) is 6.42 Å². The molecule has 5 N–H and O–H groups in total. The van der Waals surface area contributed by atoms with Gasteiger partial charge in [0.1, 0.15) is 18.3 Å². The number of ether oxygens (including phenoxy) is 1. The van der Waals surface area contributed by atoms with Crippen molar-refractivity contribution in [2.45, 2.75) is 121 Å². The van der Waals surface area contributed by atoms with Crippen molar-refractivity contribution in [1.29, 1.82) is 0 Å². The molecule has 0 rings (SSSR count). The lowest BCUT2D eigenvalue weighted by molar-refractivity contribution is -0.209. The summed E-state index contributed by atoms with van der Waals surface area (Å²) in [5.74, 6) is -0.676. The minimum atomic E-state index is -1.95. The summed E-state index contributed by atoms with van der Waals surface area (Å²) in [6, 6.07) is 0. The van der Waals surface area contributed by atoms with Crippen LogP contribution in [0.25, 0.3) is 0 Å². The highest BCUT2D eigenvalue weighted by Gasteiger charge is 2.32. The summed E-state index contributed by atoms with van der Waals surface area (Å²) in [4.78, 5) is 11.7. The Balaban J connectivity index is 3.57. The quantitative estimate of drug-likeness (QED) is 0.0866. The molecule has 0 aliphatic heterocycles. The van der Waals surface area contributed by atoms with Gasteiger partial charge in [-0.25, -0.2) is 0 Å². The number of aliphatic hydroxyl groups excluding tert-OH is 5. The third kappa shape index (κ3) is 15.8. The van der Waals surface area contributed by atoms with Crippen molar-refractivity contribution in [2.75, 3.05) is 6.61 Å². The summed E-state index contributed by atoms with van der Waals surface area (Å²) in [7, 11) is 0. The molecule has 0 aromatic carbocycles. The third-order valence-electron chi connectivity index (χ3n) is 5.12. The van der Waals surface area contributed by atoms with E-state index in [2.05, 4.69) is 23.8 Å². The summed E-state index contributed by atoms with van der Waals surface area (Å²) < 4.78 is 4.65. The molecule has 0 aromatic rings. The highest BCUT2D eigenvalue weighted by Crippen LogP contribution is 2.12. The van der Waals surface area contributed by atoms with Crippen molar-refractivity contribution in [3.05, 3.63) is 12.2 Å². The Labute approximate surface area is 181 Å². The smallest absolute Gasteiger partial charge is 0.308 e. The second-order valence-electron chi connectivity index (χ2n) is 7.95. The lowest BCUT2D eigenvalue weighted by Gasteiger charge is -2.25. The Bertz CT molecular complexity index is 428. The van der Waals surface area contributed by atoms with Crippen LogP contribution in [0.3, 0.4) is 0 Å². The summed E-state index contributed by atoms with van der Waals surface area (Å²) in [5.41, 5.74) is 0. The molecule has 0 aromatic heterocycles. The van der Waals surface area contributed by atoms with E-state index < -0.39 is 37.2 Å². The van der Waals surface area contributed by atoms with Crippen LogP contribution < -0.4 is 0 Å². The van der Waals surface area contributed by atoms with E-state index in [1.807, 2.05) is 0 Å². The van der Waals surface area contributed by atoms with E-state index in [9.17, 15) is 25.2 Å². The van der Waals surface area contributed by atoms with E-state index in [0.717, 1.165) is 32.1 Å². The molecule has 2 unspecified atom stereocenters. The van der Waals surface area contributed by atoms with Crippen LogP contribution in [0.4, 0.5) is 0 Å². The van der Waals surface area contributed by atoms with Crippen molar-refractivity contribution in [2.24, 2.45) is 0 Å². The van der Waals surface area contributed by atoms with Gasteiger partial charge in [-0.05, 0) is 32.1 Å². The first-order valence-electron chi connectivity index (χ1n) is 11.6. The largest absolute Gasteiger partial charge is 0.433 e. The fourth-order valence-electron chi connectivity index (χ4n) is 3.11. The zero-order valence-electron chi connectivity index (χ0n) is 18.6. The number of carbonyl (C=O) groups excluding carboxylic acids is 1. The van der Waals surface area contributed by atoms with Crippen LogP contribution in [0.5, 0.6) is 0 Å². The van der Waals surface area contributed by atoms with E-state index in [1.165, 1.54) is 44.9 Å². The maximum atomic E-state index is 11.7. The number of esters is 1. The predicted molar refractivity (Wildman–Crippen MR) is 117 cm³/mol. The van der Waals surface area contributed by atoms with Crippen LogP contribution in [0.15, 0.2) is 12.2 Å². The van der Waals surface area contributed by atoms with E-state index in [1.54, 1.807) is 0 Å². The number of allylic oxidation sites excluding steroid dienone is 2. The van der Waals surface area contributed by atoms with Gasteiger partial charge in [-0.1, -0.05) is 70.4 Å². The Morgan fingerprint density at radius 1 is 0.767 bits per heavy atom. The zero-order chi connectivity index (χ0) is 22.6. The Hall–Kier alpha value is -0.990. The topological polar surface area (TPSA) is 127 Å². The zero-order valence-corrected chi connectivity index (χ0v) is 18.6. The first kappa shape index (κ1) is 29.0. The Morgan fingerprint density at radius 2 is 1.27 bits per heavy atom.